The standard InChI is InChI=1S/C15H16FN2OP/c1-17-15(19)18(2)20(17,16,13-9-5-3-6-10-13)14-11-7-4-8-12-14/h3-12H,1-2H3. The minimum absolute atomic E-state index is 0.294. The van der Waals surface area contributed by atoms with Gasteiger partial charge in [0, 0.05) is 0 Å². The summed E-state index contributed by atoms with van der Waals surface area (Å²) in [6.45, 7) is 0. The molecule has 0 bridgehead atoms. The van der Waals surface area contributed by atoms with E-state index in [2.05, 4.69) is 0 Å². The molecule has 104 valence electrons. The molecule has 2 aromatic rings. The number of nitrogens with zero attached hydrogens (tertiary/aromatic N) is 2. The van der Waals surface area contributed by atoms with Crippen molar-refractivity contribution in [3.8, 4) is 0 Å². The Morgan fingerprint density at radius 2 is 1.15 bits per heavy atom. The van der Waals surface area contributed by atoms with Gasteiger partial charge in [-0.3, -0.25) is 0 Å². The molecule has 20 heavy (non-hydrogen) atoms. The molecule has 0 spiro atoms. The third-order valence-corrected chi connectivity index (χ3v) is 9.04. The van der Waals surface area contributed by atoms with Crippen LogP contribution >= 0.6 is 7.22 Å². The van der Waals surface area contributed by atoms with Gasteiger partial charge in [0.05, 0.1) is 0 Å². The second-order valence-electron chi connectivity index (χ2n) is 4.92. The van der Waals surface area contributed by atoms with Gasteiger partial charge in [0.15, 0.2) is 0 Å². The normalized spacial score (nSPS) is 21.8. The van der Waals surface area contributed by atoms with Crippen LogP contribution in [0.5, 0.6) is 0 Å². The van der Waals surface area contributed by atoms with Gasteiger partial charge in [-0.25, -0.2) is 0 Å². The molecule has 3 rings (SSSR count). The Labute approximate surface area is 117 Å². The molecule has 5 heteroatoms. The monoisotopic (exact) mass is 290 g/mol. The first-order valence-electron chi connectivity index (χ1n) is 6.38. The van der Waals surface area contributed by atoms with E-state index in [0.29, 0.717) is 10.6 Å². The molecule has 2 aromatic carbocycles. The van der Waals surface area contributed by atoms with Gasteiger partial charge in [-0.2, -0.15) is 0 Å². The maximum absolute atomic E-state index is 16.6. The van der Waals surface area contributed by atoms with Gasteiger partial charge in [-0.05, 0) is 0 Å². The second-order valence-corrected chi connectivity index (χ2v) is 9.00. The Balaban J connectivity index is 2.34. The van der Waals surface area contributed by atoms with Crippen LogP contribution in [0.4, 0.5) is 8.99 Å². The van der Waals surface area contributed by atoms with Crippen LogP contribution in [-0.4, -0.2) is 29.5 Å². The number of benzene rings is 2. The molecule has 0 aromatic heterocycles. The van der Waals surface area contributed by atoms with E-state index in [4.69, 9.17) is 0 Å². The average Bonchev–Trinajstić information content (AvgIpc) is 2.54. The van der Waals surface area contributed by atoms with Gasteiger partial charge in [0.1, 0.15) is 0 Å². The summed E-state index contributed by atoms with van der Waals surface area (Å²) in [6, 6.07) is 17.6. The van der Waals surface area contributed by atoms with Crippen molar-refractivity contribution in [1.29, 1.82) is 0 Å². The molecule has 1 aliphatic rings. The molecule has 0 atom stereocenters. The fraction of sp³-hybridized carbons (Fsp3) is 0.133. The SMILES string of the molecule is CN1C(=O)N(C)P1(F)(c1ccccc1)c1ccccc1. The molecule has 0 aliphatic carbocycles. The first-order valence-corrected chi connectivity index (χ1v) is 8.42. The second kappa shape index (κ2) is 4.03. The zero-order valence-corrected chi connectivity index (χ0v) is 12.3. The van der Waals surface area contributed by atoms with Crippen molar-refractivity contribution in [3.63, 3.8) is 0 Å². The molecule has 0 unspecified atom stereocenters. The van der Waals surface area contributed by atoms with E-state index in [-0.39, 0.29) is 6.03 Å². The van der Waals surface area contributed by atoms with Crippen molar-refractivity contribution in [2.24, 2.45) is 0 Å². The average molecular weight is 290 g/mol. The van der Waals surface area contributed by atoms with E-state index in [0.717, 1.165) is 0 Å². The van der Waals surface area contributed by atoms with Crippen molar-refractivity contribution >= 4 is 23.9 Å². The molecule has 1 heterocycles. The summed E-state index contributed by atoms with van der Waals surface area (Å²) in [5.74, 6) is 0. The molecule has 0 N–H and O–H groups in total. The molecule has 3 nitrogen and oxygen atoms in total. The van der Waals surface area contributed by atoms with E-state index in [9.17, 15) is 4.79 Å². The third-order valence-electron chi connectivity index (χ3n) is 4.08. The van der Waals surface area contributed by atoms with Gasteiger partial charge in [-0.15, -0.1) is 0 Å². The maximum atomic E-state index is 16.6. The van der Waals surface area contributed by atoms with Crippen LogP contribution in [0.3, 0.4) is 0 Å². The fourth-order valence-electron chi connectivity index (χ4n) is 2.91. The Bertz CT molecular complexity index is 607. The van der Waals surface area contributed by atoms with Crippen LogP contribution in [0.1, 0.15) is 0 Å². The topological polar surface area (TPSA) is 23.6 Å². The van der Waals surface area contributed by atoms with Crippen molar-refractivity contribution in [2.45, 2.75) is 0 Å². The first-order chi connectivity index (χ1) is 9.51. The number of urea groups is 1. The summed E-state index contributed by atoms with van der Waals surface area (Å²) in [5, 5.41) is 1.10. The van der Waals surface area contributed by atoms with E-state index < -0.39 is 7.22 Å². The molecule has 1 fully saturated rings. The van der Waals surface area contributed by atoms with Gasteiger partial charge in [0.2, 0.25) is 0 Å². The number of halogens is 1. The van der Waals surface area contributed by atoms with Crippen molar-refractivity contribution < 1.29 is 8.99 Å². The van der Waals surface area contributed by atoms with Crippen LogP contribution in [0.25, 0.3) is 0 Å². The van der Waals surface area contributed by atoms with Crippen molar-refractivity contribution in [3.05, 3.63) is 60.7 Å². The number of hydrogen-bond donors (Lipinski definition) is 0. The fourth-order valence-corrected chi connectivity index (χ4v) is 7.17. The number of carbonyl (C=O) groups excluding carboxylic acids is 1. The predicted octanol–water partition coefficient (Wildman–Crippen LogP) is 2.90. The molecule has 1 saturated heterocycles. The zero-order chi connectivity index (χ0) is 14.4. The van der Waals surface area contributed by atoms with E-state index in [1.807, 2.05) is 12.1 Å². The molecular formula is C15H16FN2OP. The first kappa shape index (κ1) is 13.1. The Hall–Kier alpha value is -1.93. The number of amides is 2. The Morgan fingerprint density at radius 3 is 1.50 bits per heavy atom. The van der Waals surface area contributed by atoms with E-state index in [1.54, 1.807) is 62.6 Å². The van der Waals surface area contributed by atoms with Crippen molar-refractivity contribution in [1.82, 2.24) is 9.34 Å². The molecular weight excluding hydrogens is 274 g/mol. The summed E-state index contributed by atoms with van der Waals surface area (Å²) < 4.78 is 19.1. The molecule has 0 saturated carbocycles. The van der Waals surface area contributed by atoms with Crippen molar-refractivity contribution in [2.75, 3.05) is 14.1 Å². The molecule has 1 aliphatic heterocycles. The third kappa shape index (κ3) is 1.25. The van der Waals surface area contributed by atoms with Crippen LogP contribution in [0, 0.1) is 0 Å². The van der Waals surface area contributed by atoms with Crippen LogP contribution in [0.2, 0.25) is 0 Å². The van der Waals surface area contributed by atoms with Crippen LogP contribution in [-0.2, 0) is 0 Å². The number of rotatable bonds is 2. The number of carbonyl (C=O) groups is 1. The van der Waals surface area contributed by atoms with Gasteiger partial charge in [0.25, 0.3) is 0 Å². The summed E-state index contributed by atoms with van der Waals surface area (Å²) in [4.78, 5) is 12.0. The van der Waals surface area contributed by atoms with Gasteiger partial charge in [-0.1, -0.05) is 0 Å². The molecule has 2 amide bonds. The molecule has 0 radical (unpaired) electrons. The number of hydrogen-bond acceptors (Lipinski definition) is 1. The summed E-state index contributed by atoms with van der Waals surface area (Å²) in [6.07, 6.45) is 0. The summed E-state index contributed by atoms with van der Waals surface area (Å²) >= 11 is 0. The van der Waals surface area contributed by atoms with Crippen LogP contribution < -0.4 is 10.6 Å². The zero-order valence-electron chi connectivity index (χ0n) is 11.4. The van der Waals surface area contributed by atoms with E-state index in [1.165, 1.54) is 9.34 Å². The van der Waals surface area contributed by atoms with Crippen LogP contribution in [0.15, 0.2) is 60.7 Å². The quantitative estimate of drug-likeness (QED) is 0.780. The summed E-state index contributed by atoms with van der Waals surface area (Å²) in [7, 11) is -1.16. The van der Waals surface area contributed by atoms with Gasteiger partial charge >= 0.3 is 117 Å². The van der Waals surface area contributed by atoms with Gasteiger partial charge < -0.3 is 0 Å². The Kier molecular flexibility index (Phi) is 2.63. The minimum atomic E-state index is -4.25. The Morgan fingerprint density at radius 1 is 0.800 bits per heavy atom. The van der Waals surface area contributed by atoms with E-state index >= 15 is 4.20 Å². The summed E-state index contributed by atoms with van der Waals surface area (Å²) in [5.41, 5.74) is 0. The predicted molar refractivity (Wildman–Crippen MR) is 81.1 cm³/mol.